The predicted molar refractivity (Wildman–Crippen MR) is 189 cm³/mol. The summed E-state index contributed by atoms with van der Waals surface area (Å²) < 4.78 is 19.1. The summed E-state index contributed by atoms with van der Waals surface area (Å²) in [6.45, 7) is 8.71. The summed E-state index contributed by atoms with van der Waals surface area (Å²) in [5, 5.41) is 0.975. The molecule has 0 saturated carbocycles. The van der Waals surface area contributed by atoms with Crippen molar-refractivity contribution in [2.24, 2.45) is 0 Å². The van der Waals surface area contributed by atoms with Crippen molar-refractivity contribution >= 4 is 34.5 Å². The monoisotopic (exact) mass is 643 g/mol. The first-order chi connectivity index (χ1) is 23.2. The second-order valence-corrected chi connectivity index (χ2v) is 12.8. The van der Waals surface area contributed by atoms with Crippen LogP contribution in [0.4, 0.5) is 10.6 Å². The van der Waals surface area contributed by atoms with Crippen LogP contribution in [0.5, 0.6) is 5.75 Å². The molecule has 246 valence electrons. The van der Waals surface area contributed by atoms with Crippen LogP contribution in [0.3, 0.4) is 0 Å². The van der Waals surface area contributed by atoms with Gasteiger partial charge in [0, 0.05) is 36.3 Å². The number of amides is 1. The number of aromatic nitrogens is 2. The maximum Gasteiger partial charge on any atom is 0.416 e. The van der Waals surface area contributed by atoms with E-state index in [1.165, 1.54) is 0 Å². The molecule has 0 spiro atoms. The first-order valence-electron chi connectivity index (χ1n) is 16.5. The second kappa shape index (κ2) is 14.2. The van der Waals surface area contributed by atoms with E-state index in [0.29, 0.717) is 32.0 Å². The van der Waals surface area contributed by atoms with Gasteiger partial charge in [0.25, 0.3) is 0 Å². The number of hydrogen-bond donors (Lipinski definition) is 0. The Balaban J connectivity index is 1.18. The smallest absolute Gasteiger partial charge is 0.416 e. The van der Waals surface area contributed by atoms with E-state index in [9.17, 15) is 9.59 Å². The van der Waals surface area contributed by atoms with Gasteiger partial charge in [-0.1, -0.05) is 60.7 Å². The summed E-state index contributed by atoms with van der Waals surface area (Å²) in [6.07, 6.45) is 5.47. The molecule has 2 aromatic heterocycles. The molecule has 0 bridgehead atoms. The molecule has 3 aromatic carbocycles. The predicted octanol–water partition coefficient (Wildman–Crippen LogP) is 8.46. The molecule has 0 fully saturated rings. The van der Waals surface area contributed by atoms with E-state index >= 15 is 0 Å². The van der Waals surface area contributed by atoms with Gasteiger partial charge in [0.2, 0.25) is 0 Å². The molecule has 0 atom stereocenters. The number of benzene rings is 3. The van der Waals surface area contributed by atoms with Gasteiger partial charge in [0.05, 0.1) is 24.4 Å². The van der Waals surface area contributed by atoms with Gasteiger partial charge in [-0.05, 0) is 93.1 Å². The molecule has 0 aliphatic carbocycles. The van der Waals surface area contributed by atoms with E-state index in [1.54, 1.807) is 17.9 Å². The van der Waals surface area contributed by atoms with Crippen molar-refractivity contribution in [3.05, 3.63) is 120 Å². The summed E-state index contributed by atoms with van der Waals surface area (Å²) in [4.78, 5) is 32.0. The van der Waals surface area contributed by atoms with Crippen molar-refractivity contribution in [3.63, 3.8) is 0 Å². The van der Waals surface area contributed by atoms with E-state index < -0.39 is 11.6 Å². The van der Waals surface area contributed by atoms with Gasteiger partial charge in [0.1, 0.15) is 17.2 Å². The minimum atomic E-state index is -0.574. The molecule has 1 aliphatic rings. The number of esters is 1. The molecule has 3 heterocycles. The quantitative estimate of drug-likeness (QED) is 0.118. The fourth-order valence-electron chi connectivity index (χ4n) is 5.86. The Morgan fingerprint density at radius 1 is 0.917 bits per heavy atom. The van der Waals surface area contributed by atoms with Crippen LogP contribution in [0.25, 0.3) is 27.7 Å². The molecule has 0 saturated heterocycles. The zero-order valence-corrected chi connectivity index (χ0v) is 27.9. The van der Waals surface area contributed by atoms with Crippen molar-refractivity contribution < 1.29 is 23.8 Å². The number of carbonyl (C=O) groups excluding carboxylic acids is 2. The Morgan fingerprint density at radius 2 is 1.69 bits per heavy atom. The number of hydrogen-bond acceptors (Lipinski definition) is 6. The largest absolute Gasteiger partial charge is 0.493 e. The Labute approximate surface area is 281 Å². The van der Waals surface area contributed by atoms with Crippen LogP contribution in [0.2, 0.25) is 0 Å². The van der Waals surface area contributed by atoms with Gasteiger partial charge in [-0.2, -0.15) is 0 Å². The molecule has 0 unspecified atom stereocenters. The molecule has 48 heavy (non-hydrogen) atoms. The molecule has 1 amide bonds. The van der Waals surface area contributed by atoms with E-state index in [4.69, 9.17) is 19.2 Å². The highest BCUT2D eigenvalue weighted by Crippen LogP contribution is 2.30. The minimum Gasteiger partial charge on any atom is -0.493 e. The van der Waals surface area contributed by atoms with Crippen LogP contribution in [0.1, 0.15) is 50.9 Å². The average molecular weight is 644 g/mol. The van der Waals surface area contributed by atoms with Crippen molar-refractivity contribution in [1.29, 1.82) is 0 Å². The Hall–Kier alpha value is -5.37. The number of fused-ring (bicyclic) bond motifs is 2. The number of rotatable bonds is 9. The van der Waals surface area contributed by atoms with Crippen molar-refractivity contribution in [1.82, 2.24) is 9.55 Å². The molecule has 0 radical (unpaired) electrons. The zero-order chi connectivity index (χ0) is 33.7. The third kappa shape index (κ3) is 7.60. The number of nitrogens with zero attached hydrogens (tertiary/aromatic N) is 3. The van der Waals surface area contributed by atoms with E-state index in [1.807, 2.05) is 92.2 Å². The highest BCUT2D eigenvalue weighted by molar-refractivity contribution is 5.95. The normalized spacial score (nSPS) is 13.2. The van der Waals surface area contributed by atoms with Gasteiger partial charge in [0.15, 0.2) is 0 Å². The molecule has 5 aromatic rings. The Kier molecular flexibility index (Phi) is 9.62. The zero-order valence-electron chi connectivity index (χ0n) is 27.9. The molecular formula is C40H41N3O5. The van der Waals surface area contributed by atoms with Gasteiger partial charge in [-0.15, -0.1) is 0 Å². The van der Waals surface area contributed by atoms with Crippen molar-refractivity contribution in [2.75, 3.05) is 24.7 Å². The number of anilines is 1. The highest BCUT2D eigenvalue weighted by Gasteiger charge is 2.28. The summed E-state index contributed by atoms with van der Waals surface area (Å²) in [7, 11) is 0. The maximum absolute atomic E-state index is 12.9. The van der Waals surface area contributed by atoms with Crippen LogP contribution in [-0.4, -0.2) is 47.0 Å². The van der Waals surface area contributed by atoms with Crippen molar-refractivity contribution in [3.8, 4) is 16.9 Å². The summed E-state index contributed by atoms with van der Waals surface area (Å²) in [5.74, 6) is 1.01. The number of aryl methyl sites for hydroxylation is 1. The third-order valence-corrected chi connectivity index (χ3v) is 8.09. The lowest BCUT2D eigenvalue weighted by Crippen LogP contribution is -2.40. The topological polar surface area (TPSA) is 82.9 Å². The number of carbonyl (C=O) groups is 2. The van der Waals surface area contributed by atoms with Gasteiger partial charge in [-0.25, -0.2) is 14.6 Å². The highest BCUT2D eigenvalue weighted by atomic mass is 16.6. The van der Waals surface area contributed by atoms with Crippen LogP contribution < -0.4 is 9.64 Å². The summed E-state index contributed by atoms with van der Waals surface area (Å²) in [6, 6.07) is 30.4. The van der Waals surface area contributed by atoms with Crippen LogP contribution in [0.15, 0.2) is 103 Å². The lowest BCUT2D eigenvalue weighted by molar-refractivity contribution is -0.137. The minimum absolute atomic E-state index is 0.297. The SMILES string of the molecule is CCOC(=O)/C=C(/c1ccc(-c2ccccc2)cc1)n1ccc2cc(OCCc3ccc4c(n3)N(C(=O)OC(C)(C)C)CCC4)ccc21. The van der Waals surface area contributed by atoms with Gasteiger partial charge >= 0.3 is 12.1 Å². The fourth-order valence-corrected chi connectivity index (χ4v) is 5.86. The molecule has 8 heteroatoms. The fraction of sp³-hybridized carbons (Fsp3) is 0.275. The first kappa shape index (κ1) is 32.6. The summed E-state index contributed by atoms with van der Waals surface area (Å²) in [5.41, 5.74) is 6.10. The van der Waals surface area contributed by atoms with Crippen LogP contribution in [-0.2, 0) is 27.1 Å². The lowest BCUT2D eigenvalue weighted by Gasteiger charge is -2.31. The summed E-state index contributed by atoms with van der Waals surface area (Å²) >= 11 is 0. The molecule has 0 N–H and O–H groups in total. The second-order valence-electron chi connectivity index (χ2n) is 12.8. The number of pyridine rings is 1. The van der Waals surface area contributed by atoms with E-state index in [-0.39, 0.29) is 6.09 Å². The van der Waals surface area contributed by atoms with E-state index in [0.717, 1.165) is 63.1 Å². The molecule has 1 aliphatic heterocycles. The van der Waals surface area contributed by atoms with Crippen LogP contribution >= 0.6 is 0 Å². The Bertz CT molecular complexity index is 1940. The lowest BCUT2D eigenvalue weighted by atomic mass is 10.0. The standard InChI is InChI=1S/C40H41N3O5/c1-5-46-37(44)27-36(30-15-13-29(14-16-30)28-10-7-6-8-11-28)42-24-21-32-26-34(19-20-35(32)42)47-25-22-33-18-17-31-12-9-23-43(38(31)41-33)39(45)48-40(2,3)4/h6-8,10-11,13-21,24,26-27H,5,9,12,22-23,25H2,1-4H3/b36-27-. The number of ether oxygens (including phenoxy) is 3. The van der Waals surface area contributed by atoms with Crippen LogP contribution in [0, 0.1) is 0 Å². The van der Waals surface area contributed by atoms with E-state index in [2.05, 4.69) is 30.3 Å². The third-order valence-electron chi connectivity index (χ3n) is 8.09. The van der Waals surface area contributed by atoms with Crippen molar-refractivity contribution in [2.45, 2.75) is 52.6 Å². The average Bonchev–Trinajstić information content (AvgIpc) is 3.50. The molecular weight excluding hydrogens is 602 g/mol. The molecule has 8 nitrogen and oxygen atoms in total. The molecule has 6 rings (SSSR count). The van der Waals surface area contributed by atoms with Gasteiger partial charge < -0.3 is 18.8 Å². The first-order valence-corrected chi connectivity index (χ1v) is 16.5. The van der Waals surface area contributed by atoms with Gasteiger partial charge in [-0.3, -0.25) is 4.90 Å². The maximum atomic E-state index is 12.9. The Morgan fingerprint density at radius 3 is 2.44 bits per heavy atom.